The molecule has 0 aromatic heterocycles. The molecule has 1 aliphatic rings. The number of anilines is 1. The van der Waals surface area contributed by atoms with Gasteiger partial charge in [-0.15, -0.1) is 0 Å². The van der Waals surface area contributed by atoms with Crippen molar-refractivity contribution >= 4 is 5.69 Å². The SMILES string of the molecule is CC(C1CC1)N(C)c1cccc(C#N)c1. The molecule has 1 aromatic carbocycles. The smallest absolute Gasteiger partial charge is 0.0992 e. The van der Waals surface area contributed by atoms with Gasteiger partial charge in [0.2, 0.25) is 0 Å². The van der Waals surface area contributed by atoms with Crippen molar-refractivity contribution < 1.29 is 0 Å². The maximum atomic E-state index is 8.84. The second kappa shape index (κ2) is 3.94. The minimum Gasteiger partial charge on any atom is -0.372 e. The molecule has 0 aliphatic heterocycles. The number of benzene rings is 1. The molecule has 0 N–H and O–H groups in total. The van der Waals surface area contributed by atoms with Gasteiger partial charge in [0, 0.05) is 18.8 Å². The van der Waals surface area contributed by atoms with E-state index in [2.05, 4.69) is 31.0 Å². The lowest BCUT2D eigenvalue weighted by Gasteiger charge is -2.27. The number of nitrogens with zero attached hydrogens (tertiary/aromatic N) is 2. The Hall–Kier alpha value is -1.49. The first-order valence-corrected chi connectivity index (χ1v) is 5.45. The van der Waals surface area contributed by atoms with Crippen LogP contribution in [-0.4, -0.2) is 13.1 Å². The van der Waals surface area contributed by atoms with Crippen molar-refractivity contribution in [3.63, 3.8) is 0 Å². The summed E-state index contributed by atoms with van der Waals surface area (Å²) in [6.45, 7) is 2.26. The first-order chi connectivity index (χ1) is 7.22. The summed E-state index contributed by atoms with van der Waals surface area (Å²) < 4.78 is 0. The average Bonchev–Trinajstić information content (AvgIpc) is 3.11. The lowest BCUT2D eigenvalue weighted by molar-refractivity contribution is 0.609. The van der Waals surface area contributed by atoms with Gasteiger partial charge in [0.1, 0.15) is 0 Å². The Morgan fingerprint density at radius 3 is 2.80 bits per heavy atom. The van der Waals surface area contributed by atoms with E-state index in [1.165, 1.54) is 12.8 Å². The van der Waals surface area contributed by atoms with E-state index in [1.807, 2.05) is 18.2 Å². The van der Waals surface area contributed by atoms with Gasteiger partial charge < -0.3 is 4.90 Å². The zero-order chi connectivity index (χ0) is 10.8. The zero-order valence-electron chi connectivity index (χ0n) is 9.27. The molecule has 2 heteroatoms. The average molecular weight is 200 g/mol. The second-order valence-electron chi connectivity index (χ2n) is 4.35. The third-order valence-electron chi connectivity index (χ3n) is 3.30. The van der Waals surface area contributed by atoms with E-state index in [9.17, 15) is 0 Å². The van der Waals surface area contributed by atoms with Crippen LogP contribution in [-0.2, 0) is 0 Å². The van der Waals surface area contributed by atoms with Gasteiger partial charge in [-0.25, -0.2) is 0 Å². The minimum absolute atomic E-state index is 0.582. The Morgan fingerprint density at radius 2 is 2.20 bits per heavy atom. The molecule has 0 bridgehead atoms. The molecule has 15 heavy (non-hydrogen) atoms. The molecule has 1 unspecified atom stereocenters. The molecule has 1 aromatic rings. The summed E-state index contributed by atoms with van der Waals surface area (Å²) in [6, 6.07) is 10.6. The van der Waals surface area contributed by atoms with Crippen LogP contribution >= 0.6 is 0 Å². The minimum atomic E-state index is 0.582. The first kappa shape index (κ1) is 10.0. The monoisotopic (exact) mass is 200 g/mol. The maximum Gasteiger partial charge on any atom is 0.0992 e. The molecule has 1 saturated carbocycles. The van der Waals surface area contributed by atoms with Crippen molar-refractivity contribution in [2.45, 2.75) is 25.8 Å². The van der Waals surface area contributed by atoms with Crippen molar-refractivity contribution in [1.29, 1.82) is 5.26 Å². The van der Waals surface area contributed by atoms with Crippen molar-refractivity contribution in [2.24, 2.45) is 5.92 Å². The van der Waals surface area contributed by atoms with Crippen LogP contribution in [0.4, 0.5) is 5.69 Å². The van der Waals surface area contributed by atoms with Crippen LogP contribution in [0.2, 0.25) is 0 Å². The Morgan fingerprint density at radius 1 is 1.47 bits per heavy atom. The van der Waals surface area contributed by atoms with Gasteiger partial charge in [-0.1, -0.05) is 6.07 Å². The van der Waals surface area contributed by atoms with Crippen LogP contribution in [0, 0.1) is 17.2 Å². The van der Waals surface area contributed by atoms with Crippen LogP contribution in [0.3, 0.4) is 0 Å². The maximum absolute atomic E-state index is 8.84. The molecule has 0 saturated heterocycles. The predicted molar refractivity (Wildman–Crippen MR) is 61.7 cm³/mol. The van der Waals surface area contributed by atoms with E-state index in [1.54, 1.807) is 0 Å². The normalized spacial score (nSPS) is 16.9. The van der Waals surface area contributed by atoms with Gasteiger partial charge in [0.15, 0.2) is 0 Å². The second-order valence-corrected chi connectivity index (χ2v) is 4.35. The van der Waals surface area contributed by atoms with E-state index < -0.39 is 0 Å². The van der Waals surface area contributed by atoms with Gasteiger partial charge in [0.25, 0.3) is 0 Å². The third kappa shape index (κ3) is 2.12. The Labute approximate surface area is 91.1 Å². The first-order valence-electron chi connectivity index (χ1n) is 5.45. The molecule has 2 nitrogen and oxygen atoms in total. The number of nitriles is 1. The largest absolute Gasteiger partial charge is 0.372 e. The van der Waals surface area contributed by atoms with Crippen molar-refractivity contribution in [3.05, 3.63) is 29.8 Å². The topological polar surface area (TPSA) is 27.0 Å². The highest BCUT2D eigenvalue weighted by Gasteiger charge is 2.30. The van der Waals surface area contributed by atoms with E-state index in [-0.39, 0.29) is 0 Å². The summed E-state index contributed by atoms with van der Waals surface area (Å²) in [4.78, 5) is 2.28. The van der Waals surface area contributed by atoms with Gasteiger partial charge in [-0.05, 0) is 43.9 Å². The standard InChI is InChI=1S/C13H16N2/c1-10(12-6-7-12)15(2)13-5-3-4-11(8-13)9-14/h3-5,8,10,12H,6-7H2,1-2H3. The predicted octanol–water partition coefficient (Wildman–Crippen LogP) is 2.79. The fourth-order valence-electron chi connectivity index (χ4n) is 1.92. The summed E-state index contributed by atoms with van der Waals surface area (Å²) in [5, 5.41) is 8.84. The summed E-state index contributed by atoms with van der Waals surface area (Å²) in [5.41, 5.74) is 1.88. The number of hydrogen-bond acceptors (Lipinski definition) is 2. The van der Waals surface area contributed by atoms with Gasteiger partial charge in [-0.2, -0.15) is 5.26 Å². The van der Waals surface area contributed by atoms with Crippen LogP contribution in [0.25, 0.3) is 0 Å². The van der Waals surface area contributed by atoms with Crippen molar-refractivity contribution in [3.8, 4) is 6.07 Å². The summed E-state index contributed by atoms with van der Waals surface area (Å²) in [6.07, 6.45) is 2.70. The van der Waals surface area contributed by atoms with Gasteiger partial charge >= 0.3 is 0 Å². The Bertz CT molecular complexity index is 388. The molecular formula is C13H16N2. The van der Waals surface area contributed by atoms with E-state index in [0.717, 1.165) is 17.2 Å². The molecular weight excluding hydrogens is 184 g/mol. The van der Waals surface area contributed by atoms with Crippen LogP contribution in [0.5, 0.6) is 0 Å². The molecule has 1 fully saturated rings. The molecule has 1 atom stereocenters. The lowest BCUT2D eigenvalue weighted by Crippen LogP contribution is -2.30. The van der Waals surface area contributed by atoms with Crippen molar-refractivity contribution in [2.75, 3.05) is 11.9 Å². The highest BCUT2D eigenvalue weighted by molar-refractivity contribution is 5.51. The molecule has 0 spiro atoms. The molecule has 0 amide bonds. The molecule has 0 heterocycles. The molecule has 78 valence electrons. The zero-order valence-corrected chi connectivity index (χ0v) is 9.27. The summed E-state index contributed by atoms with van der Waals surface area (Å²) in [7, 11) is 2.11. The van der Waals surface area contributed by atoms with Gasteiger partial charge in [-0.3, -0.25) is 0 Å². The quantitative estimate of drug-likeness (QED) is 0.750. The van der Waals surface area contributed by atoms with Gasteiger partial charge in [0.05, 0.1) is 11.6 Å². The van der Waals surface area contributed by atoms with E-state index in [0.29, 0.717) is 6.04 Å². The van der Waals surface area contributed by atoms with Crippen LogP contribution in [0.15, 0.2) is 24.3 Å². The summed E-state index contributed by atoms with van der Waals surface area (Å²) >= 11 is 0. The fraction of sp³-hybridized carbons (Fsp3) is 0.462. The number of hydrogen-bond donors (Lipinski definition) is 0. The Kier molecular flexibility index (Phi) is 2.64. The molecule has 0 radical (unpaired) electrons. The molecule has 2 rings (SSSR count). The Balaban J connectivity index is 2.17. The van der Waals surface area contributed by atoms with E-state index in [4.69, 9.17) is 5.26 Å². The lowest BCUT2D eigenvalue weighted by atomic mass is 10.1. The van der Waals surface area contributed by atoms with Crippen LogP contribution in [0.1, 0.15) is 25.3 Å². The highest BCUT2D eigenvalue weighted by Crippen LogP contribution is 2.36. The number of rotatable bonds is 3. The van der Waals surface area contributed by atoms with E-state index >= 15 is 0 Å². The molecule has 1 aliphatic carbocycles. The van der Waals surface area contributed by atoms with Crippen LogP contribution < -0.4 is 4.90 Å². The highest BCUT2D eigenvalue weighted by atomic mass is 15.1. The summed E-state index contributed by atoms with van der Waals surface area (Å²) in [5.74, 6) is 0.848. The van der Waals surface area contributed by atoms with Crippen molar-refractivity contribution in [1.82, 2.24) is 0 Å². The third-order valence-corrected chi connectivity index (χ3v) is 3.30. The fourth-order valence-corrected chi connectivity index (χ4v) is 1.92.